The maximum atomic E-state index is 15.0. The lowest BCUT2D eigenvalue weighted by molar-refractivity contribution is -0.0526. The highest BCUT2D eigenvalue weighted by atomic mass is 31.2. The second kappa shape index (κ2) is 26.0. The van der Waals surface area contributed by atoms with E-state index in [9.17, 15) is 14.4 Å². The second-order valence-electron chi connectivity index (χ2n) is 17.1. The summed E-state index contributed by atoms with van der Waals surface area (Å²) >= 11 is 0. The monoisotopic (exact) mass is 1020 g/mol. The Bertz CT molecular complexity index is 2780. The molecule has 1 saturated heterocycles. The van der Waals surface area contributed by atoms with Gasteiger partial charge < -0.3 is 42.4 Å². The third-order valence-corrected chi connectivity index (χ3v) is 13.5. The number of phosphoric ester groups is 1. The molecular formula is C55H63N2O15P. The fourth-order valence-electron chi connectivity index (χ4n) is 8.35. The summed E-state index contributed by atoms with van der Waals surface area (Å²) in [5, 5.41) is 0. The molecule has 0 saturated carbocycles. The van der Waals surface area contributed by atoms with E-state index in [1.165, 1.54) is 12.3 Å². The van der Waals surface area contributed by atoms with Gasteiger partial charge in [-0.15, -0.1) is 0 Å². The van der Waals surface area contributed by atoms with Gasteiger partial charge in [-0.25, -0.2) is 14.2 Å². The summed E-state index contributed by atoms with van der Waals surface area (Å²) in [6.07, 6.45) is -4.13. The van der Waals surface area contributed by atoms with Crippen LogP contribution in [0.15, 0.2) is 155 Å². The summed E-state index contributed by atoms with van der Waals surface area (Å²) in [5.41, 5.74) is 1.14. The first-order chi connectivity index (χ1) is 35.4. The first kappa shape index (κ1) is 54.4. The Hall–Kier alpha value is -6.40. The smallest absolute Gasteiger partial charge is 0.497 e. The second-order valence-corrected chi connectivity index (χ2v) is 18.6. The first-order valence-electron chi connectivity index (χ1n) is 24.0. The van der Waals surface area contributed by atoms with Crippen molar-refractivity contribution < 1.29 is 60.8 Å². The number of hydrogen-bond donors (Lipinski definition) is 0. The third-order valence-electron chi connectivity index (χ3n) is 11.9. The van der Waals surface area contributed by atoms with Crippen molar-refractivity contribution in [3.8, 4) is 17.2 Å². The Kier molecular flexibility index (Phi) is 19.4. The number of rotatable bonds is 27. The van der Waals surface area contributed by atoms with Crippen molar-refractivity contribution in [3.63, 3.8) is 0 Å². The maximum absolute atomic E-state index is 15.0. The van der Waals surface area contributed by atoms with Gasteiger partial charge in [0.1, 0.15) is 29.0 Å². The van der Waals surface area contributed by atoms with E-state index in [1.807, 2.05) is 78.9 Å². The number of nitrogens with zero attached hydrogens (tertiary/aromatic N) is 2. The number of ether oxygens (including phenoxy) is 8. The van der Waals surface area contributed by atoms with Gasteiger partial charge in [-0.3, -0.25) is 23.0 Å². The molecule has 1 aromatic heterocycles. The SMILES string of the molecule is CC[C@H]1O[C@@H](n2ccc(=O)n(CCOCCOCCOC)c2=O)C(OC(=O)c2ccccc2)[C@H]1OP(=O)(Oc1ccc(COC(c2ccccc2)(c2ccc(OC)cc2)c2ccc(OC)cc2)cc1)OC(C)C. The highest BCUT2D eigenvalue weighted by molar-refractivity contribution is 7.49. The van der Waals surface area contributed by atoms with E-state index < -0.39 is 61.3 Å². The highest BCUT2D eigenvalue weighted by Crippen LogP contribution is 2.55. The minimum Gasteiger partial charge on any atom is -0.497 e. The molecule has 73 heavy (non-hydrogen) atoms. The Morgan fingerprint density at radius 1 is 0.685 bits per heavy atom. The van der Waals surface area contributed by atoms with Crippen LogP contribution >= 0.6 is 7.82 Å². The average Bonchev–Trinajstić information content (AvgIpc) is 3.73. The molecule has 5 atom stereocenters. The lowest BCUT2D eigenvalue weighted by Crippen LogP contribution is -2.45. The van der Waals surface area contributed by atoms with E-state index in [2.05, 4.69) is 0 Å². The number of carbonyl (C=O) groups excluding carboxylic acids is 1. The zero-order valence-electron chi connectivity index (χ0n) is 41.9. The molecular weight excluding hydrogens is 960 g/mol. The van der Waals surface area contributed by atoms with Crippen LogP contribution < -0.4 is 25.2 Å². The van der Waals surface area contributed by atoms with Gasteiger partial charge in [0, 0.05) is 19.4 Å². The maximum Gasteiger partial charge on any atom is 0.530 e. The highest BCUT2D eigenvalue weighted by Gasteiger charge is 2.53. The van der Waals surface area contributed by atoms with E-state index in [4.69, 9.17) is 51.5 Å². The van der Waals surface area contributed by atoms with E-state index in [0.717, 1.165) is 31.4 Å². The quantitative estimate of drug-likeness (QED) is 0.0207. The Morgan fingerprint density at radius 3 is 1.82 bits per heavy atom. The molecule has 0 amide bonds. The van der Waals surface area contributed by atoms with Gasteiger partial charge in [-0.1, -0.05) is 91.9 Å². The zero-order valence-corrected chi connectivity index (χ0v) is 42.8. The predicted octanol–water partition coefficient (Wildman–Crippen LogP) is 8.75. The minimum atomic E-state index is -4.62. The van der Waals surface area contributed by atoms with Crippen molar-refractivity contribution in [2.45, 2.75) is 76.6 Å². The molecule has 1 aliphatic heterocycles. The molecule has 17 nitrogen and oxygen atoms in total. The van der Waals surface area contributed by atoms with E-state index in [1.54, 1.807) is 96.7 Å². The Balaban J connectivity index is 1.15. The van der Waals surface area contributed by atoms with Crippen molar-refractivity contribution in [2.24, 2.45) is 0 Å². The molecule has 2 heterocycles. The average molecular weight is 1020 g/mol. The summed E-state index contributed by atoms with van der Waals surface area (Å²) in [4.78, 5) is 41.0. The molecule has 388 valence electrons. The molecule has 2 unspecified atom stereocenters. The van der Waals surface area contributed by atoms with Crippen molar-refractivity contribution in [1.29, 1.82) is 0 Å². The molecule has 0 bridgehead atoms. The van der Waals surface area contributed by atoms with Crippen LogP contribution in [0.2, 0.25) is 0 Å². The molecule has 0 radical (unpaired) electrons. The molecule has 0 spiro atoms. The van der Waals surface area contributed by atoms with Gasteiger partial charge in [-0.2, -0.15) is 0 Å². The summed E-state index contributed by atoms with van der Waals surface area (Å²) in [6, 6.07) is 41.7. The molecule has 6 aromatic rings. The molecule has 7 rings (SSSR count). The topological polar surface area (TPSA) is 180 Å². The van der Waals surface area contributed by atoms with Crippen molar-refractivity contribution >= 4 is 13.8 Å². The fourth-order valence-corrected chi connectivity index (χ4v) is 9.93. The van der Waals surface area contributed by atoms with Crippen molar-refractivity contribution in [1.82, 2.24) is 9.13 Å². The number of aromatic nitrogens is 2. The largest absolute Gasteiger partial charge is 0.530 e. The number of methoxy groups -OCH3 is 3. The van der Waals surface area contributed by atoms with Crippen molar-refractivity contribution in [2.75, 3.05) is 54.4 Å². The number of phosphoric acid groups is 1. The fraction of sp³-hybridized carbons (Fsp3) is 0.364. The lowest BCUT2D eigenvalue weighted by Gasteiger charge is -2.36. The van der Waals surface area contributed by atoms with Crippen LogP contribution in [0, 0.1) is 0 Å². The van der Waals surface area contributed by atoms with Crippen LogP contribution in [0.5, 0.6) is 17.2 Å². The van der Waals surface area contributed by atoms with Gasteiger partial charge in [0.05, 0.1) is 78.2 Å². The number of benzene rings is 5. The zero-order chi connectivity index (χ0) is 51.8. The number of hydrogen-bond acceptors (Lipinski definition) is 15. The summed E-state index contributed by atoms with van der Waals surface area (Å²) in [5.74, 6) is 0.767. The normalized spacial score (nSPS) is 17.5. The summed E-state index contributed by atoms with van der Waals surface area (Å²) in [7, 11) is 0.194. The van der Waals surface area contributed by atoms with Crippen LogP contribution in [-0.2, 0) is 60.8 Å². The van der Waals surface area contributed by atoms with Crippen molar-refractivity contribution in [3.05, 3.63) is 194 Å². The number of esters is 1. The Morgan fingerprint density at radius 2 is 1.25 bits per heavy atom. The van der Waals surface area contributed by atoms with Crippen LogP contribution in [-0.4, -0.2) is 93.9 Å². The van der Waals surface area contributed by atoms with Crippen LogP contribution in [0.1, 0.15) is 66.0 Å². The van der Waals surface area contributed by atoms with Gasteiger partial charge in [0.2, 0.25) is 0 Å². The molecule has 0 N–H and O–H groups in total. The standard InChI is InChI=1S/C55H63N2O15P/c1-7-48-50(51(69-53(59)41-14-10-8-11-15-41)52(68-48)57-31-30-49(58)56(54(57)60)32-33-65-36-37-66-35-34-62-4)72-73(61,70-39(2)3)71-47-24-18-40(19-25-47)38-67-55(42-16-12-9-13-17-42,43-20-26-45(63-5)27-21-43)44-22-28-46(64-6)29-23-44/h8-31,39,48,50-52H,7,32-38H2,1-6H3/t48-,50+,51?,52-,73?/m1/s1. The van der Waals surface area contributed by atoms with Gasteiger partial charge in [-0.05, 0) is 91.1 Å². The summed E-state index contributed by atoms with van der Waals surface area (Å²) < 4.78 is 82.4. The lowest BCUT2D eigenvalue weighted by atomic mass is 9.80. The molecule has 0 aliphatic carbocycles. The van der Waals surface area contributed by atoms with Gasteiger partial charge in [0.15, 0.2) is 12.3 Å². The van der Waals surface area contributed by atoms with E-state index >= 15 is 4.57 Å². The van der Waals surface area contributed by atoms with Crippen LogP contribution in [0.3, 0.4) is 0 Å². The first-order valence-corrected chi connectivity index (χ1v) is 25.5. The van der Waals surface area contributed by atoms with E-state index in [-0.39, 0.29) is 44.1 Å². The minimum absolute atomic E-state index is 0.0248. The van der Waals surface area contributed by atoms with Crippen LogP contribution in [0.25, 0.3) is 0 Å². The molecule has 5 aromatic carbocycles. The van der Waals surface area contributed by atoms with Crippen LogP contribution in [0.4, 0.5) is 0 Å². The van der Waals surface area contributed by atoms with Gasteiger partial charge in [0.25, 0.3) is 5.56 Å². The molecule has 1 aliphatic rings. The molecule has 1 fully saturated rings. The summed E-state index contributed by atoms with van der Waals surface area (Å²) in [6.45, 7) is 6.55. The van der Waals surface area contributed by atoms with E-state index in [0.29, 0.717) is 31.3 Å². The molecule has 18 heteroatoms. The third kappa shape index (κ3) is 13.6. The number of carbonyl (C=O) groups is 1. The predicted molar refractivity (Wildman–Crippen MR) is 271 cm³/mol. The van der Waals surface area contributed by atoms with Gasteiger partial charge >= 0.3 is 19.5 Å². The Labute approximate surface area is 425 Å².